The van der Waals surface area contributed by atoms with Crippen LogP contribution in [0.15, 0.2) is 29.3 Å². The Bertz CT molecular complexity index is 578. The first-order valence-electron chi connectivity index (χ1n) is 6.72. The molecule has 0 aliphatic carbocycles. The number of nitrogens with zero attached hydrogens (tertiary/aromatic N) is 1. The van der Waals surface area contributed by atoms with Crippen LogP contribution >= 0.6 is 0 Å². The number of H-pyrrole nitrogens is 1. The van der Waals surface area contributed by atoms with E-state index < -0.39 is 0 Å². The van der Waals surface area contributed by atoms with E-state index in [1.165, 1.54) is 12.8 Å². The average molecular weight is 245 g/mol. The standard InChI is InChI=1S/C14H19N3O/c18-14-13-12(3-7-16-14)5-9-17(13)8-4-11-2-1-6-15-10-11/h3,5,7,9,11,15H,1-2,4,6,8,10H2,(H,16,18). The fourth-order valence-electron chi connectivity index (χ4n) is 2.84. The monoisotopic (exact) mass is 245 g/mol. The molecule has 2 N–H and O–H groups in total. The number of aromatic amines is 1. The van der Waals surface area contributed by atoms with Crippen LogP contribution in [0.3, 0.4) is 0 Å². The molecule has 2 aromatic rings. The number of hydrogen-bond donors (Lipinski definition) is 2. The summed E-state index contributed by atoms with van der Waals surface area (Å²) >= 11 is 0. The van der Waals surface area contributed by atoms with Crippen molar-refractivity contribution in [3.05, 3.63) is 34.9 Å². The molecule has 0 radical (unpaired) electrons. The van der Waals surface area contributed by atoms with Gasteiger partial charge in [0.05, 0.1) is 0 Å². The maximum absolute atomic E-state index is 11.8. The number of aromatic nitrogens is 2. The van der Waals surface area contributed by atoms with Gasteiger partial charge in [0.25, 0.3) is 5.56 Å². The van der Waals surface area contributed by atoms with E-state index in [0.717, 1.165) is 42.9 Å². The fourth-order valence-corrected chi connectivity index (χ4v) is 2.84. The second-order valence-electron chi connectivity index (χ2n) is 5.12. The van der Waals surface area contributed by atoms with E-state index in [2.05, 4.69) is 14.9 Å². The van der Waals surface area contributed by atoms with Crippen molar-refractivity contribution in [1.29, 1.82) is 0 Å². The number of piperidine rings is 1. The Morgan fingerprint density at radius 3 is 3.17 bits per heavy atom. The van der Waals surface area contributed by atoms with Crippen LogP contribution in [0.25, 0.3) is 10.9 Å². The van der Waals surface area contributed by atoms with Gasteiger partial charge in [0.2, 0.25) is 0 Å². The highest BCUT2D eigenvalue weighted by molar-refractivity contribution is 5.78. The van der Waals surface area contributed by atoms with Crippen molar-refractivity contribution < 1.29 is 0 Å². The number of rotatable bonds is 3. The normalized spacial score (nSPS) is 20.3. The molecule has 1 fully saturated rings. The highest BCUT2D eigenvalue weighted by Crippen LogP contribution is 2.17. The van der Waals surface area contributed by atoms with Gasteiger partial charge in [-0.1, -0.05) is 0 Å². The van der Waals surface area contributed by atoms with E-state index in [-0.39, 0.29) is 5.56 Å². The van der Waals surface area contributed by atoms with Crippen LogP contribution in [0, 0.1) is 5.92 Å². The number of pyridine rings is 1. The predicted octanol–water partition coefficient (Wildman–Crippen LogP) is 1.72. The minimum atomic E-state index is 0.0132. The second kappa shape index (κ2) is 4.98. The Balaban J connectivity index is 1.76. The van der Waals surface area contributed by atoms with Gasteiger partial charge in [-0.25, -0.2) is 0 Å². The summed E-state index contributed by atoms with van der Waals surface area (Å²) < 4.78 is 2.09. The number of fused-ring (bicyclic) bond motifs is 1. The highest BCUT2D eigenvalue weighted by Gasteiger charge is 2.13. The molecule has 1 saturated heterocycles. The van der Waals surface area contributed by atoms with Crippen LogP contribution < -0.4 is 10.9 Å². The maximum Gasteiger partial charge on any atom is 0.272 e. The summed E-state index contributed by atoms with van der Waals surface area (Å²) in [5.74, 6) is 0.749. The number of aryl methyl sites for hydroxylation is 1. The Kier molecular flexibility index (Phi) is 3.19. The van der Waals surface area contributed by atoms with Gasteiger partial charge in [-0.05, 0) is 50.4 Å². The molecule has 1 aliphatic heterocycles. The van der Waals surface area contributed by atoms with E-state index in [4.69, 9.17) is 0 Å². The molecule has 1 unspecified atom stereocenters. The summed E-state index contributed by atoms with van der Waals surface area (Å²) in [4.78, 5) is 14.6. The molecule has 3 heterocycles. The predicted molar refractivity (Wildman–Crippen MR) is 72.8 cm³/mol. The summed E-state index contributed by atoms with van der Waals surface area (Å²) in [5.41, 5.74) is 0.820. The molecule has 1 atom stereocenters. The minimum Gasteiger partial charge on any atom is -0.343 e. The van der Waals surface area contributed by atoms with Crippen LogP contribution in [0.2, 0.25) is 0 Å². The lowest BCUT2D eigenvalue weighted by Gasteiger charge is -2.22. The third kappa shape index (κ3) is 2.20. The smallest absolute Gasteiger partial charge is 0.272 e. The minimum absolute atomic E-state index is 0.0132. The van der Waals surface area contributed by atoms with E-state index in [1.807, 2.05) is 18.3 Å². The van der Waals surface area contributed by atoms with Gasteiger partial charge < -0.3 is 14.9 Å². The molecular weight excluding hydrogens is 226 g/mol. The molecular formula is C14H19N3O. The molecule has 0 bridgehead atoms. The molecule has 2 aromatic heterocycles. The van der Waals surface area contributed by atoms with Gasteiger partial charge in [0, 0.05) is 24.3 Å². The van der Waals surface area contributed by atoms with Crippen molar-refractivity contribution in [2.45, 2.75) is 25.8 Å². The summed E-state index contributed by atoms with van der Waals surface area (Å²) in [5, 5.41) is 4.46. The van der Waals surface area contributed by atoms with Crippen molar-refractivity contribution in [2.24, 2.45) is 5.92 Å². The summed E-state index contributed by atoms with van der Waals surface area (Å²) in [6.45, 7) is 3.21. The Morgan fingerprint density at radius 1 is 1.39 bits per heavy atom. The van der Waals surface area contributed by atoms with Crippen molar-refractivity contribution >= 4 is 10.9 Å². The molecule has 4 heteroatoms. The van der Waals surface area contributed by atoms with Crippen LogP contribution in [-0.2, 0) is 6.54 Å². The molecule has 4 nitrogen and oxygen atoms in total. The third-order valence-electron chi connectivity index (χ3n) is 3.86. The van der Waals surface area contributed by atoms with E-state index >= 15 is 0 Å². The summed E-state index contributed by atoms with van der Waals surface area (Å²) in [6.07, 6.45) is 7.46. The first-order chi connectivity index (χ1) is 8.84. The molecule has 96 valence electrons. The molecule has 0 spiro atoms. The lowest BCUT2D eigenvalue weighted by Crippen LogP contribution is -2.30. The van der Waals surface area contributed by atoms with Gasteiger partial charge in [-0.3, -0.25) is 4.79 Å². The number of hydrogen-bond acceptors (Lipinski definition) is 2. The zero-order valence-electron chi connectivity index (χ0n) is 10.5. The van der Waals surface area contributed by atoms with Crippen molar-refractivity contribution in [1.82, 2.24) is 14.9 Å². The largest absolute Gasteiger partial charge is 0.343 e. The molecule has 1 aliphatic rings. The van der Waals surface area contributed by atoms with Crippen molar-refractivity contribution in [3.63, 3.8) is 0 Å². The first kappa shape index (κ1) is 11.5. The molecule has 18 heavy (non-hydrogen) atoms. The van der Waals surface area contributed by atoms with Crippen molar-refractivity contribution in [3.8, 4) is 0 Å². The average Bonchev–Trinajstić information content (AvgIpc) is 2.82. The van der Waals surface area contributed by atoms with Gasteiger partial charge in [0.1, 0.15) is 5.52 Å². The zero-order valence-corrected chi connectivity index (χ0v) is 10.5. The molecule has 0 aromatic carbocycles. The molecule has 0 saturated carbocycles. The zero-order chi connectivity index (χ0) is 12.4. The van der Waals surface area contributed by atoms with E-state index in [0.29, 0.717) is 0 Å². The second-order valence-corrected chi connectivity index (χ2v) is 5.12. The van der Waals surface area contributed by atoms with Gasteiger partial charge in [0.15, 0.2) is 0 Å². The molecule has 0 amide bonds. The highest BCUT2D eigenvalue weighted by atomic mass is 16.1. The maximum atomic E-state index is 11.8. The van der Waals surface area contributed by atoms with Crippen LogP contribution in [0.4, 0.5) is 0 Å². The first-order valence-corrected chi connectivity index (χ1v) is 6.72. The van der Waals surface area contributed by atoms with E-state index in [1.54, 1.807) is 6.20 Å². The SMILES string of the molecule is O=c1[nH]ccc2ccn(CCC3CCCNC3)c12. The topological polar surface area (TPSA) is 49.8 Å². The van der Waals surface area contributed by atoms with Crippen LogP contribution in [0.5, 0.6) is 0 Å². The van der Waals surface area contributed by atoms with Gasteiger partial charge >= 0.3 is 0 Å². The molecule has 3 rings (SSSR count). The van der Waals surface area contributed by atoms with Gasteiger partial charge in [-0.15, -0.1) is 0 Å². The van der Waals surface area contributed by atoms with Crippen LogP contribution in [0.1, 0.15) is 19.3 Å². The summed E-state index contributed by atoms with van der Waals surface area (Å²) in [6, 6.07) is 3.97. The van der Waals surface area contributed by atoms with Gasteiger partial charge in [-0.2, -0.15) is 0 Å². The quantitative estimate of drug-likeness (QED) is 0.865. The lowest BCUT2D eigenvalue weighted by molar-refractivity contribution is 0.343. The van der Waals surface area contributed by atoms with Crippen LogP contribution in [-0.4, -0.2) is 22.6 Å². The van der Waals surface area contributed by atoms with Crippen molar-refractivity contribution in [2.75, 3.05) is 13.1 Å². The Hall–Kier alpha value is -1.55. The number of nitrogens with one attached hydrogen (secondary N) is 2. The Labute approximate surface area is 106 Å². The Morgan fingerprint density at radius 2 is 2.33 bits per heavy atom. The van der Waals surface area contributed by atoms with E-state index in [9.17, 15) is 4.79 Å². The third-order valence-corrected chi connectivity index (χ3v) is 3.86. The lowest BCUT2D eigenvalue weighted by atomic mass is 9.96. The summed E-state index contributed by atoms with van der Waals surface area (Å²) in [7, 11) is 0. The fraction of sp³-hybridized carbons (Fsp3) is 0.500.